The van der Waals surface area contributed by atoms with E-state index in [9.17, 15) is 4.79 Å². The molecule has 5 rings (SSSR count). The summed E-state index contributed by atoms with van der Waals surface area (Å²) in [6, 6.07) is 17.5. The number of pyridine rings is 3. The number of carbonyl (C=O) groups excluding carboxylic acids is 1. The molecule has 5 aromatic rings. The molecule has 0 saturated carbocycles. The molecule has 0 fully saturated rings. The largest absolute Gasteiger partial charge is 0.490 e. The standard InChI is InChI=1S/C31H30BrN5O3/c1-31(2,3)40-30(38)37-22(11-19-7-5-4-6-8-19)18-39-23-12-20(14-34-15-23)25-16-36-29(33)26-17-35-27-13-21(32)9-10-24(27)28(25)26/h4-10,12-17,22H,11,18H2,1-3H3,(H2,33,36)(H,37,38)/t22-/m0/s1. The molecule has 3 heterocycles. The lowest BCUT2D eigenvalue weighted by Gasteiger charge is -2.24. The topological polar surface area (TPSA) is 112 Å². The number of fused-ring (bicyclic) bond motifs is 3. The quantitative estimate of drug-likeness (QED) is 0.200. The molecule has 9 heteroatoms. The fourth-order valence-electron chi connectivity index (χ4n) is 4.50. The molecule has 1 amide bonds. The van der Waals surface area contributed by atoms with Crippen LogP contribution >= 0.6 is 15.9 Å². The van der Waals surface area contributed by atoms with Gasteiger partial charge in [0.1, 0.15) is 23.8 Å². The molecule has 0 spiro atoms. The molecule has 40 heavy (non-hydrogen) atoms. The summed E-state index contributed by atoms with van der Waals surface area (Å²) in [7, 11) is 0. The van der Waals surface area contributed by atoms with E-state index < -0.39 is 11.7 Å². The Morgan fingerprint density at radius 3 is 2.58 bits per heavy atom. The molecule has 0 aliphatic carbocycles. The monoisotopic (exact) mass is 599 g/mol. The fraction of sp³-hybridized carbons (Fsp3) is 0.226. The number of hydrogen-bond donors (Lipinski definition) is 2. The number of nitrogens with one attached hydrogen (secondary N) is 1. The summed E-state index contributed by atoms with van der Waals surface area (Å²) in [6.07, 6.45) is 7.01. The van der Waals surface area contributed by atoms with Crippen molar-refractivity contribution < 1.29 is 14.3 Å². The van der Waals surface area contributed by atoms with Crippen LogP contribution in [0.3, 0.4) is 0 Å². The number of hydrogen-bond acceptors (Lipinski definition) is 7. The molecule has 3 N–H and O–H groups in total. The van der Waals surface area contributed by atoms with E-state index in [4.69, 9.17) is 15.2 Å². The van der Waals surface area contributed by atoms with Crippen LogP contribution in [0.1, 0.15) is 26.3 Å². The molecule has 0 unspecified atom stereocenters. The average molecular weight is 601 g/mol. The maximum atomic E-state index is 12.6. The predicted octanol–water partition coefficient (Wildman–Crippen LogP) is 6.70. The predicted molar refractivity (Wildman–Crippen MR) is 161 cm³/mol. The number of halogens is 1. The molecule has 0 bridgehead atoms. The van der Waals surface area contributed by atoms with Gasteiger partial charge in [-0.15, -0.1) is 0 Å². The number of anilines is 1. The van der Waals surface area contributed by atoms with Gasteiger partial charge < -0.3 is 20.5 Å². The van der Waals surface area contributed by atoms with Crippen LogP contribution in [0.25, 0.3) is 32.8 Å². The Balaban J connectivity index is 1.43. The van der Waals surface area contributed by atoms with Crippen molar-refractivity contribution in [3.05, 3.63) is 89.4 Å². The Morgan fingerprint density at radius 2 is 1.80 bits per heavy atom. The van der Waals surface area contributed by atoms with Crippen molar-refractivity contribution >= 4 is 49.5 Å². The van der Waals surface area contributed by atoms with Gasteiger partial charge in [-0.05, 0) is 51.0 Å². The van der Waals surface area contributed by atoms with Crippen LogP contribution in [0.4, 0.5) is 10.6 Å². The molecule has 204 valence electrons. The lowest BCUT2D eigenvalue weighted by molar-refractivity contribution is 0.0487. The fourth-order valence-corrected chi connectivity index (χ4v) is 4.85. The van der Waals surface area contributed by atoms with E-state index in [1.807, 2.05) is 75.4 Å². The van der Waals surface area contributed by atoms with Gasteiger partial charge in [-0.25, -0.2) is 9.78 Å². The van der Waals surface area contributed by atoms with E-state index >= 15 is 0 Å². The number of ether oxygens (including phenoxy) is 2. The molecule has 0 radical (unpaired) electrons. The molecule has 1 atom stereocenters. The second-order valence-corrected chi connectivity index (χ2v) is 11.4. The lowest BCUT2D eigenvalue weighted by atomic mass is 9.99. The number of nitrogens with two attached hydrogens (primary N) is 1. The minimum Gasteiger partial charge on any atom is -0.490 e. The van der Waals surface area contributed by atoms with Gasteiger partial charge in [-0.2, -0.15) is 0 Å². The number of aromatic nitrogens is 3. The Bertz CT molecular complexity index is 1670. The minimum atomic E-state index is -0.605. The first kappa shape index (κ1) is 27.3. The van der Waals surface area contributed by atoms with Crippen LogP contribution in [-0.4, -0.2) is 39.3 Å². The Hall–Kier alpha value is -4.24. The van der Waals surface area contributed by atoms with Gasteiger partial charge in [0.15, 0.2) is 0 Å². The number of carbonyl (C=O) groups is 1. The number of alkyl carbamates (subject to hydrolysis) is 1. The third kappa shape index (κ3) is 6.48. The van der Waals surface area contributed by atoms with Gasteiger partial charge in [-0.3, -0.25) is 9.97 Å². The van der Waals surface area contributed by atoms with Gasteiger partial charge in [0, 0.05) is 50.3 Å². The van der Waals surface area contributed by atoms with Gasteiger partial charge >= 0.3 is 6.09 Å². The van der Waals surface area contributed by atoms with Crippen LogP contribution in [-0.2, 0) is 11.2 Å². The van der Waals surface area contributed by atoms with E-state index in [0.717, 1.165) is 42.8 Å². The van der Waals surface area contributed by atoms with Crippen molar-refractivity contribution in [3.8, 4) is 16.9 Å². The van der Waals surface area contributed by atoms with Crippen LogP contribution in [0.2, 0.25) is 0 Å². The van der Waals surface area contributed by atoms with Crippen molar-refractivity contribution in [3.63, 3.8) is 0 Å². The van der Waals surface area contributed by atoms with E-state index in [1.165, 1.54) is 0 Å². The van der Waals surface area contributed by atoms with Crippen LogP contribution in [0.5, 0.6) is 5.75 Å². The van der Waals surface area contributed by atoms with Crippen molar-refractivity contribution in [2.24, 2.45) is 0 Å². The van der Waals surface area contributed by atoms with Crippen molar-refractivity contribution in [2.45, 2.75) is 38.8 Å². The third-order valence-electron chi connectivity index (χ3n) is 6.23. The van der Waals surface area contributed by atoms with Crippen LogP contribution < -0.4 is 15.8 Å². The number of benzene rings is 2. The highest BCUT2D eigenvalue weighted by atomic mass is 79.9. The summed E-state index contributed by atoms with van der Waals surface area (Å²) in [6.45, 7) is 5.72. The zero-order chi connectivity index (χ0) is 28.3. The number of rotatable bonds is 7. The molecule has 0 aliphatic rings. The number of nitrogen functional groups attached to an aromatic ring is 1. The third-order valence-corrected chi connectivity index (χ3v) is 6.72. The second kappa shape index (κ2) is 11.5. The Kier molecular flexibility index (Phi) is 7.84. The van der Waals surface area contributed by atoms with Crippen molar-refractivity contribution in [2.75, 3.05) is 12.3 Å². The second-order valence-electron chi connectivity index (χ2n) is 10.5. The normalized spacial score (nSPS) is 12.3. The van der Waals surface area contributed by atoms with Crippen LogP contribution in [0, 0.1) is 0 Å². The van der Waals surface area contributed by atoms with Gasteiger partial charge in [-0.1, -0.05) is 52.3 Å². The zero-order valence-corrected chi connectivity index (χ0v) is 24.1. The lowest BCUT2D eigenvalue weighted by Crippen LogP contribution is -2.43. The van der Waals surface area contributed by atoms with E-state index in [2.05, 4.69) is 36.2 Å². The maximum absolute atomic E-state index is 12.6. The Labute approximate surface area is 241 Å². The first-order chi connectivity index (χ1) is 19.2. The minimum absolute atomic E-state index is 0.223. The zero-order valence-electron chi connectivity index (χ0n) is 22.5. The first-order valence-corrected chi connectivity index (χ1v) is 13.7. The SMILES string of the molecule is CC(C)(C)OC(=O)N[C@H](COc1cncc(-c2cnc(N)c3cnc4cc(Br)ccc4c23)c1)Cc1ccccc1. The van der Waals surface area contributed by atoms with Gasteiger partial charge in [0.05, 0.1) is 17.8 Å². The molecule has 2 aromatic carbocycles. The average Bonchev–Trinajstić information content (AvgIpc) is 2.91. The molecular weight excluding hydrogens is 570 g/mol. The highest BCUT2D eigenvalue weighted by Gasteiger charge is 2.21. The molecular formula is C31H30BrN5O3. The molecule has 0 aliphatic heterocycles. The summed E-state index contributed by atoms with van der Waals surface area (Å²) in [5.74, 6) is 0.973. The maximum Gasteiger partial charge on any atom is 0.408 e. The van der Waals surface area contributed by atoms with Crippen molar-refractivity contribution in [1.82, 2.24) is 20.3 Å². The summed E-state index contributed by atoms with van der Waals surface area (Å²) in [5.41, 5.74) is 9.23. The number of amides is 1. The smallest absolute Gasteiger partial charge is 0.408 e. The van der Waals surface area contributed by atoms with E-state index in [1.54, 1.807) is 24.8 Å². The molecule has 8 nitrogen and oxygen atoms in total. The van der Waals surface area contributed by atoms with Gasteiger partial charge in [0.25, 0.3) is 0 Å². The summed E-state index contributed by atoms with van der Waals surface area (Å²) in [5, 5.41) is 5.62. The molecule has 3 aromatic heterocycles. The Morgan fingerprint density at radius 1 is 1.00 bits per heavy atom. The molecule has 0 saturated heterocycles. The highest BCUT2D eigenvalue weighted by Crippen LogP contribution is 2.36. The van der Waals surface area contributed by atoms with Crippen molar-refractivity contribution in [1.29, 1.82) is 0 Å². The highest BCUT2D eigenvalue weighted by molar-refractivity contribution is 9.10. The number of nitrogens with zero attached hydrogens (tertiary/aromatic N) is 3. The first-order valence-electron chi connectivity index (χ1n) is 12.9. The van der Waals surface area contributed by atoms with Crippen LogP contribution in [0.15, 0.2) is 83.9 Å². The summed E-state index contributed by atoms with van der Waals surface area (Å²) >= 11 is 3.52. The van der Waals surface area contributed by atoms with Gasteiger partial charge in [0.2, 0.25) is 0 Å². The van der Waals surface area contributed by atoms with E-state index in [-0.39, 0.29) is 12.6 Å². The van der Waals surface area contributed by atoms with E-state index in [0.29, 0.717) is 18.0 Å². The summed E-state index contributed by atoms with van der Waals surface area (Å²) < 4.78 is 12.6. The summed E-state index contributed by atoms with van der Waals surface area (Å²) in [4.78, 5) is 26.0.